The second-order valence-corrected chi connectivity index (χ2v) is 16.6. The summed E-state index contributed by atoms with van der Waals surface area (Å²) in [5.74, 6) is -0.755. The first-order valence-electron chi connectivity index (χ1n) is 13.0. The molecule has 1 aliphatic rings. The van der Waals surface area contributed by atoms with Crippen molar-refractivity contribution in [2.24, 2.45) is 0 Å². The summed E-state index contributed by atoms with van der Waals surface area (Å²) in [6, 6.07) is 12.2. The second kappa shape index (κ2) is 10.8. The van der Waals surface area contributed by atoms with E-state index in [1.807, 2.05) is 0 Å². The fraction of sp³-hybridized carbons (Fsp3) is 0.393. The van der Waals surface area contributed by atoms with Crippen molar-refractivity contribution in [1.82, 2.24) is 20.1 Å². The third-order valence-corrected chi connectivity index (χ3v) is 8.60. The smallest absolute Gasteiger partial charge is 0.154 e. The van der Waals surface area contributed by atoms with Gasteiger partial charge in [-0.1, -0.05) is 31.8 Å². The zero-order valence-electron chi connectivity index (χ0n) is 21.9. The van der Waals surface area contributed by atoms with Gasteiger partial charge in [-0.15, -0.1) is 0 Å². The van der Waals surface area contributed by atoms with Crippen LogP contribution < -0.4 is 10.6 Å². The highest BCUT2D eigenvalue weighted by molar-refractivity contribution is 6.76. The molecule has 38 heavy (non-hydrogen) atoms. The zero-order valence-corrected chi connectivity index (χ0v) is 22.9. The van der Waals surface area contributed by atoms with Crippen molar-refractivity contribution in [3.63, 3.8) is 0 Å². The van der Waals surface area contributed by atoms with E-state index in [-0.39, 0.29) is 24.0 Å². The Bertz CT molecular complexity index is 1500. The number of hydrogen-bond donors (Lipinski definition) is 2. The number of pyridine rings is 1. The number of fused-ring (bicyclic) bond motifs is 3. The molecule has 0 aliphatic carbocycles. The molecule has 1 fully saturated rings. The minimum absolute atomic E-state index is 0.146. The van der Waals surface area contributed by atoms with Crippen LogP contribution in [0.25, 0.3) is 33.1 Å². The molecule has 4 aromatic rings. The lowest BCUT2D eigenvalue weighted by Crippen LogP contribution is -2.36. The van der Waals surface area contributed by atoms with Gasteiger partial charge >= 0.3 is 0 Å². The maximum atomic E-state index is 15.0. The molecule has 2 aromatic carbocycles. The van der Waals surface area contributed by atoms with Gasteiger partial charge in [0.1, 0.15) is 29.4 Å². The molecule has 0 radical (unpaired) electrons. The van der Waals surface area contributed by atoms with Crippen molar-refractivity contribution in [3.05, 3.63) is 53.6 Å². The van der Waals surface area contributed by atoms with E-state index in [1.165, 1.54) is 18.2 Å². The van der Waals surface area contributed by atoms with E-state index < -0.39 is 19.7 Å². The van der Waals surface area contributed by atoms with Crippen molar-refractivity contribution in [2.45, 2.75) is 51.3 Å². The molecule has 10 heteroatoms. The van der Waals surface area contributed by atoms with Crippen LogP contribution in [0.5, 0.6) is 0 Å². The van der Waals surface area contributed by atoms with Gasteiger partial charge in [0.2, 0.25) is 0 Å². The summed E-state index contributed by atoms with van der Waals surface area (Å²) < 4.78 is 37.9. The summed E-state index contributed by atoms with van der Waals surface area (Å²) in [5.41, 5.74) is 1.41. The lowest BCUT2D eigenvalue weighted by molar-refractivity contribution is 0.0804. The molecule has 1 saturated heterocycles. The topological polar surface area (TPSA) is 87.8 Å². The molecular formula is C28H32F2N6OSi. The number of benzene rings is 2. The van der Waals surface area contributed by atoms with Gasteiger partial charge in [-0.2, -0.15) is 10.4 Å². The normalized spacial score (nSPS) is 14.7. The molecule has 198 valence electrons. The highest BCUT2D eigenvalue weighted by Crippen LogP contribution is 2.37. The third kappa shape index (κ3) is 5.41. The number of piperidine rings is 1. The Balaban J connectivity index is 1.69. The van der Waals surface area contributed by atoms with E-state index in [0.29, 0.717) is 39.8 Å². The first-order chi connectivity index (χ1) is 18.2. The maximum absolute atomic E-state index is 15.0. The molecule has 5 rings (SSSR count). The van der Waals surface area contributed by atoms with Crippen molar-refractivity contribution >= 4 is 35.7 Å². The van der Waals surface area contributed by atoms with Gasteiger partial charge in [-0.05, 0) is 56.2 Å². The Labute approximate surface area is 221 Å². The zero-order chi connectivity index (χ0) is 26.9. The molecule has 0 atom stereocenters. The van der Waals surface area contributed by atoms with Gasteiger partial charge in [0.05, 0.1) is 22.9 Å². The van der Waals surface area contributed by atoms with E-state index in [4.69, 9.17) is 14.8 Å². The average molecular weight is 535 g/mol. The highest BCUT2D eigenvalue weighted by atomic mass is 28.3. The van der Waals surface area contributed by atoms with Gasteiger partial charge in [-0.25, -0.2) is 18.4 Å². The van der Waals surface area contributed by atoms with Crippen LogP contribution in [0, 0.1) is 23.0 Å². The molecule has 0 saturated carbocycles. The maximum Gasteiger partial charge on any atom is 0.154 e. The molecule has 0 amide bonds. The third-order valence-electron chi connectivity index (χ3n) is 6.90. The van der Waals surface area contributed by atoms with Gasteiger partial charge in [0, 0.05) is 31.5 Å². The van der Waals surface area contributed by atoms with Crippen LogP contribution in [0.15, 0.2) is 36.4 Å². The summed E-state index contributed by atoms with van der Waals surface area (Å²) >= 11 is 0. The summed E-state index contributed by atoms with van der Waals surface area (Å²) in [6.45, 7) is 9.57. The lowest BCUT2D eigenvalue weighted by atomic mass is 10.00. The molecule has 2 N–H and O–H groups in total. The SMILES string of the molecule is C[Si](C)(C)CCOCn1nc2c(nc(-c3c(F)cccc3F)c3cc(C#N)ccc32)c1NC1CCNCC1. The summed E-state index contributed by atoms with van der Waals surface area (Å²) in [6.07, 6.45) is 1.86. The van der Waals surface area contributed by atoms with Crippen LogP contribution in [0.1, 0.15) is 18.4 Å². The minimum Gasteiger partial charge on any atom is -0.366 e. The van der Waals surface area contributed by atoms with E-state index in [9.17, 15) is 5.26 Å². The number of hydrogen-bond acceptors (Lipinski definition) is 6. The number of ether oxygens (including phenoxy) is 1. The predicted octanol–water partition coefficient (Wildman–Crippen LogP) is 5.88. The van der Waals surface area contributed by atoms with Crippen molar-refractivity contribution in [1.29, 1.82) is 5.26 Å². The first kappa shape index (κ1) is 26.2. The van der Waals surface area contributed by atoms with E-state index >= 15 is 8.78 Å². The fourth-order valence-corrected chi connectivity index (χ4v) is 5.52. The molecule has 2 aromatic heterocycles. The summed E-state index contributed by atoms with van der Waals surface area (Å²) in [4.78, 5) is 4.82. The number of nitrogens with zero attached hydrogens (tertiary/aromatic N) is 4. The molecular weight excluding hydrogens is 502 g/mol. The summed E-state index contributed by atoms with van der Waals surface area (Å²) in [7, 11) is -1.26. The monoisotopic (exact) mass is 534 g/mol. The quantitative estimate of drug-likeness (QED) is 0.217. The van der Waals surface area contributed by atoms with Crippen LogP contribution in [-0.2, 0) is 11.5 Å². The summed E-state index contributed by atoms with van der Waals surface area (Å²) in [5, 5.41) is 22.5. The number of rotatable bonds is 8. The van der Waals surface area contributed by atoms with Crippen LogP contribution >= 0.6 is 0 Å². The second-order valence-electron chi connectivity index (χ2n) is 11.0. The molecule has 7 nitrogen and oxygen atoms in total. The van der Waals surface area contributed by atoms with Gasteiger partial charge < -0.3 is 15.4 Å². The fourth-order valence-electron chi connectivity index (χ4n) is 4.77. The van der Waals surface area contributed by atoms with Crippen LogP contribution in [0.2, 0.25) is 25.7 Å². The van der Waals surface area contributed by atoms with Crippen LogP contribution in [0.3, 0.4) is 0 Å². The molecule has 0 spiro atoms. The van der Waals surface area contributed by atoms with E-state index in [0.717, 1.165) is 32.0 Å². The number of anilines is 1. The Morgan fingerprint density at radius 3 is 2.53 bits per heavy atom. The number of aromatic nitrogens is 3. The van der Waals surface area contributed by atoms with Gasteiger partial charge in [0.25, 0.3) is 0 Å². The van der Waals surface area contributed by atoms with Crippen LogP contribution in [0.4, 0.5) is 14.6 Å². The number of nitriles is 1. The molecule has 3 heterocycles. The van der Waals surface area contributed by atoms with Crippen molar-refractivity contribution < 1.29 is 13.5 Å². The standard InChI is InChI=1S/C28H32F2N6OSi/c1-38(2,3)14-13-37-17-36-28(33-19-9-11-32-12-10-19)27-26(35-36)20-8-7-18(16-31)15-21(20)25(34-27)24-22(29)5-4-6-23(24)30/h4-8,15,19,32-33H,9-14,17H2,1-3H3. The Morgan fingerprint density at radius 2 is 1.84 bits per heavy atom. The van der Waals surface area contributed by atoms with Gasteiger partial charge in [0.15, 0.2) is 5.82 Å². The van der Waals surface area contributed by atoms with Gasteiger partial charge in [-0.3, -0.25) is 0 Å². The van der Waals surface area contributed by atoms with E-state index in [1.54, 1.807) is 22.9 Å². The van der Waals surface area contributed by atoms with Crippen molar-refractivity contribution in [3.8, 4) is 17.3 Å². The minimum atomic E-state index is -1.26. The molecule has 1 aliphatic heterocycles. The largest absolute Gasteiger partial charge is 0.366 e. The number of halogens is 2. The Morgan fingerprint density at radius 1 is 1.11 bits per heavy atom. The molecule has 0 unspecified atom stereocenters. The molecule has 0 bridgehead atoms. The first-order valence-corrected chi connectivity index (χ1v) is 16.7. The Kier molecular flexibility index (Phi) is 7.43. The Hall–Kier alpha value is -3.39. The highest BCUT2D eigenvalue weighted by Gasteiger charge is 2.24. The number of nitrogens with one attached hydrogen (secondary N) is 2. The van der Waals surface area contributed by atoms with E-state index in [2.05, 4.69) is 36.3 Å². The van der Waals surface area contributed by atoms with Crippen molar-refractivity contribution in [2.75, 3.05) is 25.0 Å². The lowest BCUT2D eigenvalue weighted by Gasteiger charge is -2.25. The van der Waals surface area contributed by atoms with Crippen LogP contribution in [-0.4, -0.2) is 48.6 Å². The predicted molar refractivity (Wildman–Crippen MR) is 149 cm³/mol. The average Bonchev–Trinajstić information content (AvgIpc) is 3.23.